The third kappa shape index (κ3) is 2.50. The molecule has 98 valence electrons. The predicted molar refractivity (Wildman–Crippen MR) is 92.0 cm³/mol. The zero-order valence-electron chi connectivity index (χ0n) is 10.3. The molecule has 0 bridgehead atoms. The van der Waals surface area contributed by atoms with Gasteiger partial charge >= 0.3 is 0 Å². The highest BCUT2D eigenvalue weighted by Gasteiger charge is 2.15. The number of nitrogens with zero attached hydrogens (tertiary/aromatic N) is 1. The second kappa shape index (κ2) is 5.61. The van der Waals surface area contributed by atoms with Crippen molar-refractivity contribution in [3.05, 3.63) is 73.9 Å². The molecule has 0 saturated carbocycles. The topological polar surface area (TPSA) is 30.0 Å². The van der Waals surface area contributed by atoms with Crippen LogP contribution >= 0.6 is 38.5 Å². The average molecular weight is 438 g/mol. The number of fused-ring (bicyclic) bond motifs is 1. The molecule has 1 heterocycles. The largest absolute Gasteiger partial charge is 0.289 e. The summed E-state index contributed by atoms with van der Waals surface area (Å²) in [5, 5.41) is 0.885. The van der Waals surface area contributed by atoms with Crippen LogP contribution in [-0.2, 0) is 0 Å². The maximum atomic E-state index is 12.8. The van der Waals surface area contributed by atoms with Gasteiger partial charge in [0.1, 0.15) is 0 Å². The Kier molecular flexibility index (Phi) is 3.85. The van der Waals surface area contributed by atoms with E-state index >= 15 is 0 Å². The van der Waals surface area contributed by atoms with Crippen molar-refractivity contribution in [2.45, 2.75) is 0 Å². The molecule has 2 aromatic carbocycles. The number of carbonyl (C=O) groups is 1. The molecule has 0 atom stereocenters. The van der Waals surface area contributed by atoms with Gasteiger partial charge in [0.2, 0.25) is 0 Å². The Balaban J connectivity index is 2.20. The van der Waals surface area contributed by atoms with E-state index in [4.69, 9.17) is 0 Å². The summed E-state index contributed by atoms with van der Waals surface area (Å²) >= 11 is 5.60. The minimum atomic E-state index is 0.0225. The molecule has 0 saturated heterocycles. The van der Waals surface area contributed by atoms with Crippen molar-refractivity contribution in [3.8, 4) is 0 Å². The molecule has 0 fully saturated rings. The van der Waals surface area contributed by atoms with E-state index in [-0.39, 0.29) is 5.78 Å². The van der Waals surface area contributed by atoms with E-state index in [0.717, 1.165) is 18.9 Å². The smallest absolute Gasteiger partial charge is 0.194 e. The van der Waals surface area contributed by atoms with E-state index in [1.54, 1.807) is 6.20 Å². The number of benzene rings is 2. The number of hydrogen-bond acceptors (Lipinski definition) is 2. The van der Waals surface area contributed by atoms with Crippen LogP contribution in [-0.4, -0.2) is 10.8 Å². The lowest BCUT2D eigenvalue weighted by Gasteiger charge is -2.07. The molecule has 0 spiro atoms. The van der Waals surface area contributed by atoms with Crippen LogP contribution in [0.2, 0.25) is 0 Å². The van der Waals surface area contributed by atoms with Crippen molar-refractivity contribution in [1.29, 1.82) is 0 Å². The lowest BCUT2D eigenvalue weighted by atomic mass is 9.99. The molecule has 3 rings (SSSR count). The van der Waals surface area contributed by atoms with Crippen molar-refractivity contribution in [1.82, 2.24) is 4.98 Å². The second-order valence-corrected chi connectivity index (χ2v) is 6.41. The van der Waals surface area contributed by atoms with Crippen LogP contribution in [0.15, 0.2) is 59.2 Å². The number of halogens is 2. The van der Waals surface area contributed by atoms with Gasteiger partial charge in [0.25, 0.3) is 0 Å². The van der Waals surface area contributed by atoms with Gasteiger partial charge in [-0.2, -0.15) is 0 Å². The van der Waals surface area contributed by atoms with Crippen LogP contribution < -0.4 is 0 Å². The fourth-order valence-corrected chi connectivity index (χ4v) is 3.06. The highest BCUT2D eigenvalue weighted by molar-refractivity contribution is 14.1. The number of pyridine rings is 1. The number of ketones is 1. The summed E-state index contributed by atoms with van der Waals surface area (Å²) in [5.41, 5.74) is 2.23. The maximum absolute atomic E-state index is 12.8. The van der Waals surface area contributed by atoms with Gasteiger partial charge in [-0.25, -0.2) is 0 Å². The monoisotopic (exact) mass is 437 g/mol. The van der Waals surface area contributed by atoms with E-state index < -0.39 is 0 Å². The van der Waals surface area contributed by atoms with Gasteiger partial charge in [0, 0.05) is 30.8 Å². The fraction of sp³-hybridized carbons (Fsp3) is 0. The van der Waals surface area contributed by atoms with Crippen LogP contribution in [0.1, 0.15) is 15.9 Å². The van der Waals surface area contributed by atoms with Crippen molar-refractivity contribution < 1.29 is 4.79 Å². The summed E-state index contributed by atoms with van der Waals surface area (Å²) in [5.74, 6) is 0.0225. The Labute approximate surface area is 138 Å². The molecule has 0 amide bonds. The molecule has 0 radical (unpaired) electrons. The number of rotatable bonds is 2. The first-order valence-corrected chi connectivity index (χ1v) is 7.87. The van der Waals surface area contributed by atoms with Crippen molar-refractivity contribution in [2.75, 3.05) is 0 Å². The van der Waals surface area contributed by atoms with E-state index in [9.17, 15) is 4.79 Å². The molecule has 0 aliphatic rings. The molecule has 0 aliphatic heterocycles. The number of hydrogen-bond donors (Lipinski definition) is 0. The highest BCUT2D eigenvalue weighted by atomic mass is 127. The Hall–Kier alpha value is -1.27. The Bertz CT molecular complexity index is 811. The molecule has 1 aromatic heterocycles. The first-order valence-electron chi connectivity index (χ1n) is 6.00. The molecule has 3 aromatic rings. The van der Waals surface area contributed by atoms with Crippen molar-refractivity contribution >= 4 is 55.2 Å². The quantitative estimate of drug-likeness (QED) is 0.424. The molecule has 0 aliphatic carbocycles. The number of aromatic nitrogens is 1. The van der Waals surface area contributed by atoms with Gasteiger partial charge in [-0.1, -0.05) is 34.1 Å². The SMILES string of the molecule is O=C(c1cc(Br)ccc1I)c1cccc2ncccc12. The molecular formula is C16H9BrINO. The van der Waals surface area contributed by atoms with Gasteiger partial charge in [0.15, 0.2) is 5.78 Å². The third-order valence-electron chi connectivity index (χ3n) is 3.06. The van der Waals surface area contributed by atoms with Gasteiger partial charge in [-0.05, 0) is 52.9 Å². The maximum Gasteiger partial charge on any atom is 0.194 e. The summed E-state index contributed by atoms with van der Waals surface area (Å²) in [6, 6.07) is 15.1. The lowest BCUT2D eigenvalue weighted by molar-refractivity contribution is 0.103. The standard InChI is InChI=1S/C16H9BrINO/c17-10-6-7-14(18)13(9-10)16(20)12-3-1-5-15-11(12)4-2-8-19-15/h1-9H. The van der Waals surface area contributed by atoms with Gasteiger partial charge in [-0.15, -0.1) is 0 Å². The van der Waals surface area contributed by atoms with E-state index in [2.05, 4.69) is 43.5 Å². The van der Waals surface area contributed by atoms with Crippen LogP contribution in [0.25, 0.3) is 10.9 Å². The first-order chi connectivity index (χ1) is 9.66. The van der Waals surface area contributed by atoms with Crippen LogP contribution in [0.5, 0.6) is 0 Å². The van der Waals surface area contributed by atoms with Crippen LogP contribution in [0.4, 0.5) is 0 Å². The first kappa shape index (κ1) is 13.7. The van der Waals surface area contributed by atoms with Crippen molar-refractivity contribution in [2.24, 2.45) is 0 Å². The van der Waals surface area contributed by atoms with Gasteiger partial charge in [0.05, 0.1) is 5.52 Å². The Morgan fingerprint density at radius 3 is 2.75 bits per heavy atom. The predicted octanol–water partition coefficient (Wildman–Crippen LogP) is 4.83. The summed E-state index contributed by atoms with van der Waals surface area (Å²) < 4.78 is 1.84. The molecule has 0 unspecified atom stereocenters. The summed E-state index contributed by atoms with van der Waals surface area (Å²) in [6.07, 6.45) is 1.74. The molecule has 0 N–H and O–H groups in total. The van der Waals surface area contributed by atoms with Crippen LogP contribution in [0.3, 0.4) is 0 Å². The summed E-state index contributed by atoms with van der Waals surface area (Å²) in [6.45, 7) is 0. The molecule has 20 heavy (non-hydrogen) atoms. The fourth-order valence-electron chi connectivity index (χ4n) is 2.12. The van der Waals surface area contributed by atoms with E-state index in [1.807, 2.05) is 48.5 Å². The van der Waals surface area contributed by atoms with Crippen molar-refractivity contribution in [3.63, 3.8) is 0 Å². The Morgan fingerprint density at radius 2 is 1.90 bits per heavy atom. The normalized spacial score (nSPS) is 10.7. The minimum Gasteiger partial charge on any atom is -0.289 e. The summed E-state index contributed by atoms with van der Waals surface area (Å²) in [4.78, 5) is 17.1. The minimum absolute atomic E-state index is 0.0225. The Morgan fingerprint density at radius 1 is 1.05 bits per heavy atom. The van der Waals surface area contributed by atoms with E-state index in [1.165, 1.54) is 0 Å². The molecule has 2 nitrogen and oxygen atoms in total. The lowest BCUT2D eigenvalue weighted by Crippen LogP contribution is -2.04. The number of carbonyl (C=O) groups excluding carboxylic acids is 1. The highest BCUT2D eigenvalue weighted by Crippen LogP contribution is 2.24. The zero-order valence-corrected chi connectivity index (χ0v) is 14.1. The zero-order chi connectivity index (χ0) is 14.1. The summed E-state index contributed by atoms with van der Waals surface area (Å²) in [7, 11) is 0. The van der Waals surface area contributed by atoms with Gasteiger partial charge in [-0.3, -0.25) is 9.78 Å². The van der Waals surface area contributed by atoms with Gasteiger partial charge < -0.3 is 0 Å². The van der Waals surface area contributed by atoms with E-state index in [0.29, 0.717) is 11.1 Å². The third-order valence-corrected chi connectivity index (χ3v) is 4.50. The van der Waals surface area contributed by atoms with Crippen LogP contribution in [0, 0.1) is 3.57 Å². The molecular weight excluding hydrogens is 429 g/mol. The average Bonchev–Trinajstić information content (AvgIpc) is 2.48. The second-order valence-electron chi connectivity index (χ2n) is 4.33. The molecule has 4 heteroatoms.